The summed E-state index contributed by atoms with van der Waals surface area (Å²) in [5.74, 6) is -0.228. The summed E-state index contributed by atoms with van der Waals surface area (Å²) in [4.78, 5) is 35.3. The molecule has 6 heteroatoms. The number of rotatable bonds is 5. The molecule has 3 amide bonds. The van der Waals surface area contributed by atoms with Crippen LogP contribution in [0.4, 0.5) is 5.69 Å². The average molecular weight is 341 g/mol. The zero-order valence-corrected chi connectivity index (χ0v) is 14.1. The lowest BCUT2D eigenvalue weighted by Crippen LogP contribution is -2.68. The van der Waals surface area contributed by atoms with Crippen molar-refractivity contribution in [1.82, 2.24) is 10.6 Å². The molecule has 0 aromatic heterocycles. The van der Waals surface area contributed by atoms with E-state index in [2.05, 4.69) is 22.5 Å². The molecular formula is C19H23N3O3. The van der Waals surface area contributed by atoms with Crippen LogP contribution in [-0.2, 0) is 20.8 Å². The quantitative estimate of drug-likeness (QED) is 0.712. The number of carbonyl (C=O) groups is 3. The zero-order valence-electron chi connectivity index (χ0n) is 14.1. The maximum Gasteiger partial charge on any atom is 0.247 e. The number of amides is 3. The molecule has 1 aromatic carbocycles. The first-order valence-corrected chi connectivity index (χ1v) is 8.63. The van der Waals surface area contributed by atoms with E-state index in [-0.39, 0.29) is 35.7 Å². The monoisotopic (exact) mass is 341 g/mol. The van der Waals surface area contributed by atoms with Crippen molar-refractivity contribution in [3.8, 4) is 0 Å². The highest BCUT2D eigenvalue weighted by Crippen LogP contribution is 2.38. The molecule has 1 aliphatic carbocycles. The van der Waals surface area contributed by atoms with Gasteiger partial charge in [-0.2, -0.15) is 0 Å². The fraction of sp³-hybridized carbons (Fsp3) is 0.421. The SMILES string of the molecule is C=CC(=O)Nc1ccc(CC(=O)NC2CCC(=O)NC23CCC3)cc1. The minimum atomic E-state index is -0.268. The lowest BCUT2D eigenvalue weighted by atomic mass is 9.68. The van der Waals surface area contributed by atoms with Crippen LogP contribution in [0.2, 0.25) is 0 Å². The molecule has 1 spiro atoms. The fourth-order valence-corrected chi connectivity index (χ4v) is 3.55. The topological polar surface area (TPSA) is 87.3 Å². The maximum absolute atomic E-state index is 12.4. The number of hydrogen-bond acceptors (Lipinski definition) is 3. The Morgan fingerprint density at radius 1 is 1.28 bits per heavy atom. The molecule has 1 aromatic rings. The van der Waals surface area contributed by atoms with Gasteiger partial charge in [0.2, 0.25) is 17.7 Å². The Balaban J connectivity index is 1.56. The first-order chi connectivity index (χ1) is 12.0. The van der Waals surface area contributed by atoms with Gasteiger partial charge in [-0.3, -0.25) is 14.4 Å². The lowest BCUT2D eigenvalue weighted by Gasteiger charge is -2.51. The van der Waals surface area contributed by atoms with Gasteiger partial charge >= 0.3 is 0 Å². The van der Waals surface area contributed by atoms with Crippen LogP contribution in [0.25, 0.3) is 0 Å². The molecule has 25 heavy (non-hydrogen) atoms. The lowest BCUT2D eigenvalue weighted by molar-refractivity contribution is -0.131. The third-order valence-corrected chi connectivity index (χ3v) is 5.07. The summed E-state index contributed by atoms with van der Waals surface area (Å²) in [7, 11) is 0. The molecule has 2 fully saturated rings. The van der Waals surface area contributed by atoms with Gasteiger partial charge in [-0.15, -0.1) is 0 Å². The van der Waals surface area contributed by atoms with Crippen LogP contribution in [0.3, 0.4) is 0 Å². The molecule has 3 N–H and O–H groups in total. The van der Waals surface area contributed by atoms with Crippen LogP contribution >= 0.6 is 0 Å². The third-order valence-electron chi connectivity index (χ3n) is 5.07. The van der Waals surface area contributed by atoms with E-state index in [1.807, 2.05) is 12.1 Å². The summed E-state index contributed by atoms with van der Waals surface area (Å²) in [6.07, 6.45) is 5.60. The van der Waals surface area contributed by atoms with Crippen molar-refractivity contribution in [3.63, 3.8) is 0 Å². The summed E-state index contributed by atoms with van der Waals surface area (Å²) < 4.78 is 0. The van der Waals surface area contributed by atoms with Crippen molar-refractivity contribution in [3.05, 3.63) is 42.5 Å². The van der Waals surface area contributed by atoms with Gasteiger partial charge < -0.3 is 16.0 Å². The predicted molar refractivity (Wildman–Crippen MR) is 94.9 cm³/mol. The Morgan fingerprint density at radius 3 is 2.60 bits per heavy atom. The summed E-state index contributed by atoms with van der Waals surface area (Å²) >= 11 is 0. The number of anilines is 1. The standard InChI is InChI=1S/C19H23N3O3/c1-2-16(23)20-14-6-4-13(5-7-14)12-18(25)21-15-8-9-17(24)22-19(15)10-3-11-19/h2,4-7,15H,1,3,8-12H2,(H,20,23)(H,21,25)(H,22,24). The second kappa shape index (κ2) is 7.09. The first kappa shape index (κ1) is 17.2. The van der Waals surface area contributed by atoms with Gasteiger partial charge in [0, 0.05) is 12.1 Å². The van der Waals surface area contributed by atoms with Crippen LogP contribution in [-0.4, -0.2) is 29.3 Å². The van der Waals surface area contributed by atoms with Crippen molar-refractivity contribution >= 4 is 23.4 Å². The fourth-order valence-electron chi connectivity index (χ4n) is 3.55. The highest BCUT2D eigenvalue weighted by molar-refractivity contribution is 5.98. The van der Waals surface area contributed by atoms with Gasteiger partial charge in [-0.1, -0.05) is 18.7 Å². The largest absolute Gasteiger partial charge is 0.351 e. The summed E-state index contributed by atoms with van der Waals surface area (Å²) in [6.45, 7) is 3.41. The van der Waals surface area contributed by atoms with E-state index < -0.39 is 0 Å². The second-order valence-electron chi connectivity index (χ2n) is 6.78. The summed E-state index contributed by atoms with van der Waals surface area (Å²) in [5.41, 5.74) is 1.30. The van der Waals surface area contributed by atoms with Crippen LogP contribution in [0.1, 0.15) is 37.7 Å². The first-order valence-electron chi connectivity index (χ1n) is 8.63. The normalized spacial score (nSPS) is 21.0. The predicted octanol–water partition coefficient (Wildman–Crippen LogP) is 1.67. The van der Waals surface area contributed by atoms with Crippen molar-refractivity contribution in [2.24, 2.45) is 0 Å². The molecule has 3 rings (SSSR count). The van der Waals surface area contributed by atoms with Gasteiger partial charge in [0.15, 0.2) is 0 Å². The zero-order chi connectivity index (χ0) is 17.9. The molecule has 1 saturated heterocycles. The second-order valence-corrected chi connectivity index (χ2v) is 6.78. The van der Waals surface area contributed by atoms with E-state index in [1.54, 1.807) is 12.1 Å². The Kier molecular flexibility index (Phi) is 4.88. The van der Waals surface area contributed by atoms with E-state index in [1.165, 1.54) is 6.08 Å². The van der Waals surface area contributed by atoms with E-state index >= 15 is 0 Å². The van der Waals surface area contributed by atoms with Gasteiger partial charge in [0.05, 0.1) is 18.0 Å². The Bertz CT molecular complexity index is 692. The van der Waals surface area contributed by atoms with Crippen LogP contribution in [0.15, 0.2) is 36.9 Å². The average Bonchev–Trinajstić information content (AvgIpc) is 2.56. The molecule has 0 radical (unpaired) electrons. The highest BCUT2D eigenvalue weighted by atomic mass is 16.2. The number of nitrogens with one attached hydrogen (secondary N) is 3. The maximum atomic E-state index is 12.4. The van der Waals surface area contributed by atoms with Crippen molar-refractivity contribution in [2.45, 2.75) is 50.1 Å². The minimum absolute atomic E-state index is 0.0117. The van der Waals surface area contributed by atoms with Gasteiger partial charge in [0.25, 0.3) is 0 Å². The molecule has 6 nitrogen and oxygen atoms in total. The van der Waals surface area contributed by atoms with Crippen molar-refractivity contribution < 1.29 is 14.4 Å². The smallest absolute Gasteiger partial charge is 0.247 e. The molecular weight excluding hydrogens is 318 g/mol. The highest BCUT2D eigenvalue weighted by Gasteiger charge is 2.48. The number of carbonyl (C=O) groups excluding carboxylic acids is 3. The van der Waals surface area contributed by atoms with Crippen LogP contribution < -0.4 is 16.0 Å². The van der Waals surface area contributed by atoms with E-state index in [0.717, 1.165) is 24.8 Å². The number of piperidine rings is 1. The molecule has 1 unspecified atom stereocenters. The van der Waals surface area contributed by atoms with E-state index in [0.29, 0.717) is 18.5 Å². The Morgan fingerprint density at radius 2 is 2.00 bits per heavy atom. The molecule has 1 saturated carbocycles. The summed E-state index contributed by atoms with van der Waals surface area (Å²) in [5, 5.41) is 8.85. The molecule has 1 atom stereocenters. The van der Waals surface area contributed by atoms with E-state index in [4.69, 9.17) is 0 Å². The van der Waals surface area contributed by atoms with E-state index in [9.17, 15) is 14.4 Å². The van der Waals surface area contributed by atoms with Crippen LogP contribution in [0.5, 0.6) is 0 Å². The Labute approximate surface area is 147 Å². The Hall–Kier alpha value is -2.63. The number of benzene rings is 1. The number of hydrogen-bond donors (Lipinski definition) is 3. The van der Waals surface area contributed by atoms with Crippen molar-refractivity contribution in [1.29, 1.82) is 0 Å². The van der Waals surface area contributed by atoms with Gasteiger partial charge in [-0.05, 0) is 49.5 Å². The summed E-state index contributed by atoms with van der Waals surface area (Å²) in [6, 6.07) is 7.17. The molecule has 2 aliphatic rings. The van der Waals surface area contributed by atoms with Gasteiger partial charge in [0.1, 0.15) is 0 Å². The molecule has 1 aliphatic heterocycles. The van der Waals surface area contributed by atoms with Crippen LogP contribution in [0, 0.1) is 0 Å². The molecule has 1 heterocycles. The third kappa shape index (κ3) is 3.90. The minimum Gasteiger partial charge on any atom is -0.351 e. The van der Waals surface area contributed by atoms with Crippen molar-refractivity contribution in [2.75, 3.05) is 5.32 Å². The van der Waals surface area contributed by atoms with Gasteiger partial charge in [-0.25, -0.2) is 0 Å². The molecule has 0 bridgehead atoms. The molecule has 132 valence electrons.